The van der Waals surface area contributed by atoms with Crippen molar-refractivity contribution in [1.29, 1.82) is 0 Å². The van der Waals surface area contributed by atoms with E-state index in [1.54, 1.807) is 17.0 Å². The highest BCUT2D eigenvalue weighted by Gasteiger charge is 2.30. The molecule has 0 saturated carbocycles. The second-order valence-corrected chi connectivity index (χ2v) is 10.6. The van der Waals surface area contributed by atoms with Gasteiger partial charge in [0.25, 0.3) is 0 Å². The minimum Gasteiger partial charge on any atom is -0.486 e. The van der Waals surface area contributed by atoms with Crippen molar-refractivity contribution >= 4 is 16.1 Å². The van der Waals surface area contributed by atoms with E-state index >= 15 is 0 Å². The third-order valence-corrected chi connectivity index (χ3v) is 8.03. The van der Waals surface area contributed by atoms with E-state index in [0.29, 0.717) is 43.7 Å². The molecule has 0 unspecified atom stereocenters. The average Bonchev–Trinajstić information content (AvgIpc) is 2.83. The number of rotatable bonds is 5. The van der Waals surface area contributed by atoms with Crippen molar-refractivity contribution in [1.82, 2.24) is 14.5 Å². The van der Waals surface area contributed by atoms with Crippen LogP contribution in [0.2, 0.25) is 0 Å². The van der Waals surface area contributed by atoms with Crippen molar-refractivity contribution in [2.45, 2.75) is 37.6 Å². The second-order valence-electron chi connectivity index (χ2n) is 8.69. The van der Waals surface area contributed by atoms with Crippen molar-refractivity contribution in [2.75, 3.05) is 39.4 Å². The Bertz CT molecular complexity index is 1090. The summed E-state index contributed by atoms with van der Waals surface area (Å²) in [6, 6.07) is 12.3. The maximum atomic E-state index is 13.0. The lowest BCUT2D eigenvalue weighted by Gasteiger charge is -2.34. The molecule has 8 nitrogen and oxygen atoms in total. The number of benzene rings is 2. The van der Waals surface area contributed by atoms with Crippen LogP contribution in [0.25, 0.3) is 0 Å². The van der Waals surface area contributed by atoms with E-state index in [-0.39, 0.29) is 30.1 Å². The molecular formula is C24H31N3O5S. The zero-order chi connectivity index (χ0) is 23.6. The number of sulfonamides is 1. The van der Waals surface area contributed by atoms with Gasteiger partial charge in [-0.25, -0.2) is 13.2 Å². The van der Waals surface area contributed by atoms with Gasteiger partial charge in [0.05, 0.1) is 10.9 Å². The number of ether oxygens (including phenoxy) is 2. The average molecular weight is 474 g/mol. The highest BCUT2D eigenvalue weighted by molar-refractivity contribution is 7.89. The third-order valence-electron chi connectivity index (χ3n) is 6.12. The van der Waals surface area contributed by atoms with Crippen LogP contribution in [0.5, 0.6) is 11.5 Å². The molecule has 2 aliphatic heterocycles. The number of piperazine rings is 1. The van der Waals surface area contributed by atoms with E-state index in [0.717, 1.165) is 11.1 Å². The molecule has 33 heavy (non-hydrogen) atoms. The molecule has 0 radical (unpaired) electrons. The highest BCUT2D eigenvalue weighted by atomic mass is 32.2. The maximum absolute atomic E-state index is 13.0. The molecule has 2 heterocycles. The molecule has 1 N–H and O–H groups in total. The second kappa shape index (κ2) is 9.61. The fourth-order valence-corrected chi connectivity index (χ4v) is 5.42. The Balaban J connectivity index is 1.34. The summed E-state index contributed by atoms with van der Waals surface area (Å²) in [4.78, 5) is 14.7. The molecule has 0 aliphatic carbocycles. The number of nitrogens with zero attached hydrogens (tertiary/aromatic N) is 2. The van der Waals surface area contributed by atoms with Gasteiger partial charge >= 0.3 is 6.03 Å². The van der Waals surface area contributed by atoms with Crippen molar-refractivity contribution in [3.05, 3.63) is 53.6 Å². The van der Waals surface area contributed by atoms with Gasteiger partial charge < -0.3 is 19.7 Å². The van der Waals surface area contributed by atoms with Crippen LogP contribution in [-0.2, 0) is 10.0 Å². The van der Waals surface area contributed by atoms with Crippen LogP contribution < -0.4 is 14.8 Å². The smallest absolute Gasteiger partial charge is 0.317 e. The lowest BCUT2D eigenvalue weighted by Crippen LogP contribution is -2.53. The number of fused-ring (bicyclic) bond motifs is 1. The molecule has 2 amide bonds. The molecule has 4 rings (SSSR count). The van der Waals surface area contributed by atoms with Crippen molar-refractivity contribution in [3.63, 3.8) is 0 Å². The first-order chi connectivity index (χ1) is 15.8. The summed E-state index contributed by atoms with van der Waals surface area (Å²) in [5.41, 5.74) is 2.02. The van der Waals surface area contributed by atoms with Crippen LogP contribution >= 0.6 is 0 Å². The summed E-state index contributed by atoms with van der Waals surface area (Å²) in [5, 5.41) is 3.00. The zero-order valence-corrected chi connectivity index (χ0v) is 20.1. The third kappa shape index (κ3) is 5.09. The summed E-state index contributed by atoms with van der Waals surface area (Å²) in [6.07, 6.45) is 0. The van der Waals surface area contributed by atoms with E-state index in [1.807, 2.05) is 37.3 Å². The Morgan fingerprint density at radius 2 is 1.48 bits per heavy atom. The Labute approximate surface area is 195 Å². The molecular weight excluding hydrogens is 442 g/mol. The van der Waals surface area contributed by atoms with Crippen LogP contribution in [-0.4, -0.2) is 63.0 Å². The van der Waals surface area contributed by atoms with Gasteiger partial charge in [0.1, 0.15) is 13.2 Å². The molecule has 2 aliphatic rings. The molecule has 2 aromatic rings. The van der Waals surface area contributed by atoms with Crippen molar-refractivity contribution in [3.8, 4) is 11.5 Å². The molecule has 1 saturated heterocycles. The summed E-state index contributed by atoms with van der Waals surface area (Å²) >= 11 is 0. The van der Waals surface area contributed by atoms with E-state index in [4.69, 9.17) is 9.47 Å². The SMILES string of the molecule is CC(C)c1ccc(S(=O)(=O)N2CCN(C(=O)N[C@H](C)c3ccc4c(c3)OCCO4)CC2)cc1. The first kappa shape index (κ1) is 23.4. The molecule has 1 fully saturated rings. The van der Waals surface area contributed by atoms with Crippen LogP contribution in [0.3, 0.4) is 0 Å². The summed E-state index contributed by atoms with van der Waals surface area (Å²) in [6.45, 7) is 8.29. The lowest BCUT2D eigenvalue weighted by atomic mass is 10.0. The van der Waals surface area contributed by atoms with Crippen LogP contribution in [0.15, 0.2) is 47.4 Å². The van der Waals surface area contributed by atoms with Crippen LogP contribution in [0.1, 0.15) is 43.9 Å². The maximum Gasteiger partial charge on any atom is 0.317 e. The predicted octanol–water partition coefficient (Wildman–Crippen LogP) is 3.36. The first-order valence-corrected chi connectivity index (χ1v) is 12.7. The Kier molecular flexibility index (Phi) is 6.81. The Morgan fingerprint density at radius 1 is 0.879 bits per heavy atom. The van der Waals surface area contributed by atoms with Crippen LogP contribution in [0.4, 0.5) is 4.79 Å². The summed E-state index contributed by atoms with van der Waals surface area (Å²) in [7, 11) is -3.58. The topological polar surface area (TPSA) is 88.2 Å². The van der Waals surface area contributed by atoms with E-state index in [1.165, 1.54) is 4.31 Å². The monoisotopic (exact) mass is 473 g/mol. The number of nitrogens with one attached hydrogen (secondary N) is 1. The molecule has 1 atom stereocenters. The number of urea groups is 1. The number of carbonyl (C=O) groups excluding carboxylic acids is 1. The lowest BCUT2D eigenvalue weighted by molar-refractivity contribution is 0.168. The van der Waals surface area contributed by atoms with Gasteiger partial charge in [-0.3, -0.25) is 0 Å². The quantitative estimate of drug-likeness (QED) is 0.720. The highest BCUT2D eigenvalue weighted by Crippen LogP contribution is 2.32. The number of hydrogen-bond acceptors (Lipinski definition) is 5. The van der Waals surface area contributed by atoms with E-state index < -0.39 is 10.0 Å². The fourth-order valence-electron chi connectivity index (χ4n) is 3.99. The summed E-state index contributed by atoms with van der Waals surface area (Å²) < 4.78 is 38.6. The largest absolute Gasteiger partial charge is 0.486 e. The standard InChI is InChI=1S/C24H31N3O5S/c1-17(2)19-4-7-21(8-5-19)33(29,30)27-12-10-26(11-13-27)24(28)25-18(3)20-6-9-22-23(16-20)32-15-14-31-22/h4-9,16-18H,10-15H2,1-3H3,(H,25,28)/t18-/m1/s1. The number of hydrogen-bond donors (Lipinski definition) is 1. The molecule has 0 spiro atoms. The van der Waals surface area contributed by atoms with E-state index in [9.17, 15) is 13.2 Å². The number of carbonyl (C=O) groups is 1. The fraction of sp³-hybridized carbons (Fsp3) is 0.458. The molecule has 9 heteroatoms. The normalized spacial score (nSPS) is 17.6. The van der Waals surface area contributed by atoms with Gasteiger partial charge in [-0.1, -0.05) is 32.0 Å². The summed E-state index contributed by atoms with van der Waals surface area (Å²) in [5.74, 6) is 1.73. The van der Waals surface area contributed by atoms with E-state index in [2.05, 4.69) is 19.2 Å². The van der Waals surface area contributed by atoms with Gasteiger partial charge in [-0.05, 0) is 48.2 Å². The zero-order valence-electron chi connectivity index (χ0n) is 19.3. The molecule has 2 aromatic carbocycles. The Hall–Kier alpha value is -2.78. The number of amides is 2. The first-order valence-electron chi connectivity index (χ1n) is 11.3. The predicted molar refractivity (Wildman–Crippen MR) is 125 cm³/mol. The van der Waals surface area contributed by atoms with Gasteiger partial charge in [-0.15, -0.1) is 0 Å². The van der Waals surface area contributed by atoms with Gasteiger partial charge in [-0.2, -0.15) is 4.31 Å². The van der Waals surface area contributed by atoms with Gasteiger partial charge in [0.15, 0.2) is 11.5 Å². The molecule has 178 valence electrons. The van der Waals surface area contributed by atoms with Gasteiger partial charge in [0, 0.05) is 26.2 Å². The minimum absolute atomic E-state index is 0.212. The Morgan fingerprint density at radius 3 is 2.12 bits per heavy atom. The minimum atomic E-state index is -3.58. The van der Waals surface area contributed by atoms with Gasteiger partial charge in [0.2, 0.25) is 10.0 Å². The molecule has 0 aromatic heterocycles. The van der Waals surface area contributed by atoms with Crippen LogP contribution in [0, 0.1) is 0 Å². The van der Waals surface area contributed by atoms with Crippen molar-refractivity contribution < 1.29 is 22.7 Å². The van der Waals surface area contributed by atoms with Crippen molar-refractivity contribution in [2.24, 2.45) is 0 Å². The molecule has 0 bridgehead atoms.